The van der Waals surface area contributed by atoms with Crippen molar-refractivity contribution in [2.75, 3.05) is 33.6 Å². The van der Waals surface area contributed by atoms with E-state index in [0.717, 1.165) is 20.0 Å². The van der Waals surface area contributed by atoms with E-state index in [0.29, 0.717) is 12.1 Å². The van der Waals surface area contributed by atoms with Crippen LogP contribution in [-0.4, -0.2) is 86.2 Å². The molecule has 198 valence electrons. The van der Waals surface area contributed by atoms with Gasteiger partial charge in [-0.2, -0.15) is 0 Å². The van der Waals surface area contributed by atoms with Gasteiger partial charge in [-0.25, -0.2) is 0 Å². The molecule has 0 unspecified atom stereocenters. The number of hydrogen-bond acceptors (Lipinski definition) is 6. The Morgan fingerprint density at radius 3 is 1.38 bits per heavy atom. The van der Waals surface area contributed by atoms with Crippen LogP contribution in [-0.2, 0) is 0 Å². The molecule has 0 saturated carbocycles. The number of nitrogens with zero attached hydrogens (tertiary/aromatic N) is 6. The molecule has 0 radical (unpaired) electrons. The van der Waals surface area contributed by atoms with Crippen LogP contribution in [0.2, 0.25) is 0 Å². The Hall–Kier alpha value is -1.98. The average molecular weight is 477 g/mol. The molecule has 0 N–H and O–H groups in total. The molecule has 0 saturated heterocycles. The van der Waals surface area contributed by atoms with Gasteiger partial charge in [0.2, 0.25) is 0 Å². The Labute approximate surface area is 212 Å². The third kappa shape index (κ3) is 10.5. The molecule has 3 heterocycles. The molecule has 0 fully saturated rings. The summed E-state index contributed by atoms with van der Waals surface area (Å²) in [6.07, 6.45) is 15.6. The summed E-state index contributed by atoms with van der Waals surface area (Å²) in [4.78, 5) is 13.9. The zero-order valence-electron chi connectivity index (χ0n) is 24.5. The summed E-state index contributed by atoms with van der Waals surface area (Å²) >= 11 is 0. The molecule has 0 amide bonds. The second-order valence-electron chi connectivity index (χ2n) is 12.2. The van der Waals surface area contributed by atoms with Gasteiger partial charge in [-0.3, -0.25) is 0 Å². The van der Waals surface area contributed by atoms with Crippen molar-refractivity contribution in [1.29, 1.82) is 0 Å². The van der Waals surface area contributed by atoms with Crippen LogP contribution in [0.4, 0.5) is 0 Å². The van der Waals surface area contributed by atoms with Crippen molar-refractivity contribution >= 4 is 0 Å². The molecule has 3 rings (SSSR count). The normalized spacial score (nSPS) is 17.8. The van der Waals surface area contributed by atoms with Crippen molar-refractivity contribution in [2.24, 2.45) is 0 Å². The third-order valence-electron chi connectivity index (χ3n) is 6.29. The highest BCUT2D eigenvalue weighted by Crippen LogP contribution is 2.24. The van der Waals surface area contributed by atoms with Crippen molar-refractivity contribution in [3.05, 3.63) is 37.2 Å². The molecule has 6 nitrogen and oxygen atoms in total. The highest BCUT2D eigenvalue weighted by atomic mass is 15.4. The topological polar surface area (TPSA) is 19.4 Å². The highest BCUT2D eigenvalue weighted by molar-refractivity contribution is 5.00. The lowest BCUT2D eigenvalue weighted by atomic mass is 10.1. The number of unbranched alkanes of at least 4 members (excludes halogenated alkanes) is 1. The molecule has 6 heteroatoms. The first-order chi connectivity index (χ1) is 15.6. The van der Waals surface area contributed by atoms with E-state index >= 15 is 0 Å². The zero-order chi connectivity index (χ0) is 26.1. The van der Waals surface area contributed by atoms with Gasteiger partial charge in [-0.1, -0.05) is 13.3 Å². The maximum Gasteiger partial charge on any atom is 0.0903 e. The van der Waals surface area contributed by atoms with Crippen molar-refractivity contribution < 1.29 is 0 Å². The summed E-state index contributed by atoms with van der Waals surface area (Å²) in [5.74, 6) is 0. The SMILES string of the molecule is CC(C)(C)N1C=CN(C(C)(C)C)C1.CC(C)N1C=CN(C(C)C)C1.CCCCN1C=CN(C)C1. The molecule has 0 aromatic rings. The summed E-state index contributed by atoms with van der Waals surface area (Å²) in [6, 6.07) is 1.24. The quantitative estimate of drug-likeness (QED) is 0.485. The molecule has 0 aromatic heterocycles. The lowest BCUT2D eigenvalue weighted by Gasteiger charge is -2.38. The van der Waals surface area contributed by atoms with Gasteiger partial charge in [0.25, 0.3) is 0 Å². The van der Waals surface area contributed by atoms with Crippen LogP contribution in [0.15, 0.2) is 37.2 Å². The lowest BCUT2D eigenvalue weighted by molar-refractivity contribution is 0.110. The van der Waals surface area contributed by atoms with Crippen LogP contribution >= 0.6 is 0 Å². The highest BCUT2D eigenvalue weighted by Gasteiger charge is 2.28. The summed E-state index contributed by atoms with van der Waals surface area (Å²) < 4.78 is 0. The third-order valence-corrected chi connectivity index (χ3v) is 6.29. The van der Waals surface area contributed by atoms with E-state index in [-0.39, 0.29) is 11.1 Å². The molecule has 0 atom stereocenters. The fourth-order valence-corrected chi connectivity index (χ4v) is 3.51. The second kappa shape index (κ2) is 13.2. The fourth-order valence-electron chi connectivity index (χ4n) is 3.51. The summed E-state index contributed by atoms with van der Waals surface area (Å²) in [5.41, 5.74) is 0.465. The van der Waals surface area contributed by atoms with Gasteiger partial charge in [-0.15, -0.1) is 0 Å². The van der Waals surface area contributed by atoms with Crippen molar-refractivity contribution in [1.82, 2.24) is 29.4 Å². The molecule has 0 aliphatic carbocycles. The van der Waals surface area contributed by atoms with Gasteiger partial charge in [0.05, 0.1) is 20.0 Å². The fraction of sp³-hybridized carbons (Fsp3) is 0.786. The Kier molecular flexibility index (Phi) is 11.7. The van der Waals surface area contributed by atoms with E-state index in [1.165, 1.54) is 19.4 Å². The largest absolute Gasteiger partial charge is 0.362 e. The van der Waals surface area contributed by atoms with Crippen LogP contribution in [0.3, 0.4) is 0 Å². The molecule has 3 aliphatic rings. The van der Waals surface area contributed by atoms with Crippen molar-refractivity contribution in [3.8, 4) is 0 Å². The van der Waals surface area contributed by atoms with Gasteiger partial charge in [0.1, 0.15) is 0 Å². The zero-order valence-corrected chi connectivity index (χ0v) is 24.5. The maximum absolute atomic E-state index is 2.36. The Balaban J connectivity index is 0.000000257. The van der Waals surface area contributed by atoms with Crippen molar-refractivity contribution in [2.45, 2.75) is 112 Å². The minimum Gasteiger partial charge on any atom is -0.362 e. The van der Waals surface area contributed by atoms with E-state index in [4.69, 9.17) is 0 Å². The summed E-state index contributed by atoms with van der Waals surface area (Å²) in [6.45, 7) is 28.9. The van der Waals surface area contributed by atoms with Gasteiger partial charge in [-0.05, 0) is 75.7 Å². The first-order valence-corrected chi connectivity index (χ1v) is 13.2. The van der Waals surface area contributed by atoms with E-state index in [2.05, 4.69) is 150 Å². The molecule has 0 spiro atoms. The van der Waals surface area contributed by atoms with E-state index < -0.39 is 0 Å². The molecule has 0 aromatic carbocycles. The van der Waals surface area contributed by atoms with Crippen LogP contribution in [0, 0.1) is 0 Å². The van der Waals surface area contributed by atoms with Gasteiger partial charge in [0.15, 0.2) is 0 Å². The minimum absolute atomic E-state index is 0.233. The first-order valence-electron chi connectivity index (χ1n) is 13.2. The predicted octanol–water partition coefficient (Wildman–Crippen LogP) is 5.94. The maximum atomic E-state index is 2.36. The molecule has 34 heavy (non-hydrogen) atoms. The molecule has 3 aliphatic heterocycles. The van der Waals surface area contributed by atoms with E-state index in [9.17, 15) is 0 Å². The summed E-state index contributed by atoms with van der Waals surface area (Å²) in [7, 11) is 2.10. The van der Waals surface area contributed by atoms with Gasteiger partial charge >= 0.3 is 0 Å². The minimum atomic E-state index is 0.233. The standard InChI is InChI=1S/C11H22N2.C9H18N2.C8H16N2/c1-10(2,3)12-7-8-13(9-12)11(4,5)6;1-8(2)10-5-6-11(7-10)9(3)4;1-3-4-5-10-7-6-9(2)8-10/h7-8H,9H2,1-6H3;5-6,8-9H,7H2,1-4H3;6-7H,3-5,8H2,1-2H3. The monoisotopic (exact) mass is 476 g/mol. The Morgan fingerprint density at radius 2 is 1.12 bits per heavy atom. The summed E-state index contributed by atoms with van der Waals surface area (Å²) in [5, 5.41) is 0. The number of hydrogen-bond donors (Lipinski definition) is 0. The van der Waals surface area contributed by atoms with E-state index in [1.54, 1.807) is 0 Å². The Morgan fingerprint density at radius 1 is 0.647 bits per heavy atom. The van der Waals surface area contributed by atoms with Gasteiger partial charge in [0, 0.05) is 74.0 Å². The number of rotatable bonds is 5. The van der Waals surface area contributed by atoms with Crippen LogP contribution in [0.25, 0.3) is 0 Å². The van der Waals surface area contributed by atoms with Gasteiger partial charge < -0.3 is 29.4 Å². The van der Waals surface area contributed by atoms with E-state index in [1.807, 2.05) is 0 Å². The molecule has 0 bridgehead atoms. The average Bonchev–Trinajstić information content (AvgIpc) is 3.46. The lowest BCUT2D eigenvalue weighted by Crippen LogP contribution is -2.44. The Bertz CT molecular complexity index is 615. The van der Waals surface area contributed by atoms with Crippen LogP contribution in [0.1, 0.15) is 89.0 Å². The first kappa shape index (κ1) is 30.1. The van der Waals surface area contributed by atoms with Crippen LogP contribution < -0.4 is 0 Å². The van der Waals surface area contributed by atoms with Crippen molar-refractivity contribution in [3.63, 3.8) is 0 Å². The molecular weight excluding hydrogens is 420 g/mol. The smallest absolute Gasteiger partial charge is 0.0903 e. The second-order valence-corrected chi connectivity index (χ2v) is 12.2. The molecular formula is C28H56N6. The predicted molar refractivity (Wildman–Crippen MR) is 149 cm³/mol. The van der Waals surface area contributed by atoms with Crippen LogP contribution in [0.5, 0.6) is 0 Å².